The first-order valence-electron chi connectivity index (χ1n) is 7.20. The van der Waals surface area contributed by atoms with Crippen LogP contribution in [0.3, 0.4) is 0 Å². The summed E-state index contributed by atoms with van der Waals surface area (Å²) < 4.78 is 5.27. The number of esters is 1. The van der Waals surface area contributed by atoms with Crippen LogP contribution >= 0.6 is 0 Å². The summed E-state index contributed by atoms with van der Waals surface area (Å²) in [4.78, 5) is 15.3. The lowest BCUT2D eigenvalue weighted by Gasteiger charge is -2.33. The zero-order valence-electron chi connectivity index (χ0n) is 12.6. The van der Waals surface area contributed by atoms with E-state index in [1.54, 1.807) is 6.92 Å². The first-order valence-corrected chi connectivity index (χ1v) is 7.20. The molecule has 114 valence electrons. The fraction of sp³-hybridized carbons (Fsp3) is 0.533. The predicted molar refractivity (Wildman–Crippen MR) is 81.7 cm³/mol. The van der Waals surface area contributed by atoms with Gasteiger partial charge in [0.25, 0.3) is 0 Å². The molecular formula is C15H22N4O2. The quantitative estimate of drug-likeness (QED) is 0.249. The van der Waals surface area contributed by atoms with Gasteiger partial charge < -0.3 is 4.74 Å². The van der Waals surface area contributed by atoms with E-state index in [1.165, 1.54) is 0 Å². The molecule has 1 atom stereocenters. The average molecular weight is 290 g/mol. The molecule has 0 saturated carbocycles. The SMILES string of the molecule is CCCC(NCCN=[N+]=[N-])(C(=O)OCC)c1ccccc1. The molecule has 0 heterocycles. The van der Waals surface area contributed by atoms with E-state index >= 15 is 0 Å². The number of azide groups is 1. The monoisotopic (exact) mass is 290 g/mol. The van der Waals surface area contributed by atoms with Gasteiger partial charge in [0.05, 0.1) is 6.61 Å². The van der Waals surface area contributed by atoms with Crippen molar-refractivity contribution in [2.75, 3.05) is 19.7 Å². The van der Waals surface area contributed by atoms with Crippen LogP contribution in [-0.2, 0) is 15.1 Å². The number of nitrogens with zero attached hydrogens (tertiary/aromatic N) is 3. The first kappa shape index (κ1) is 17.0. The average Bonchev–Trinajstić information content (AvgIpc) is 2.51. The third-order valence-corrected chi connectivity index (χ3v) is 3.22. The Morgan fingerprint density at radius 2 is 2.10 bits per heavy atom. The topological polar surface area (TPSA) is 87.1 Å². The molecule has 0 spiro atoms. The number of carbonyl (C=O) groups is 1. The number of hydrogen-bond donors (Lipinski definition) is 1. The molecule has 21 heavy (non-hydrogen) atoms. The Labute approximate surface area is 125 Å². The number of benzene rings is 1. The molecule has 0 aromatic heterocycles. The van der Waals surface area contributed by atoms with Gasteiger partial charge >= 0.3 is 5.97 Å². The van der Waals surface area contributed by atoms with Crippen LogP contribution in [0.15, 0.2) is 35.4 Å². The van der Waals surface area contributed by atoms with Crippen LogP contribution in [0.25, 0.3) is 10.4 Å². The van der Waals surface area contributed by atoms with Crippen LogP contribution in [0.4, 0.5) is 0 Å². The summed E-state index contributed by atoms with van der Waals surface area (Å²) in [5.41, 5.74) is 8.32. The van der Waals surface area contributed by atoms with Crippen molar-refractivity contribution in [3.8, 4) is 0 Å². The van der Waals surface area contributed by atoms with Gasteiger partial charge in [-0.3, -0.25) is 5.32 Å². The Balaban J connectivity index is 3.09. The second-order valence-electron chi connectivity index (χ2n) is 4.62. The van der Waals surface area contributed by atoms with E-state index in [1.807, 2.05) is 37.3 Å². The minimum Gasteiger partial charge on any atom is -0.464 e. The fourth-order valence-corrected chi connectivity index (χ4v) is 2.34. The predicted octanol–water partition coefficient (Wildman–Crippen LogP) is 3.15. The summed E-state index contributed by atoms with van der Waals surface area (Å²) in [5.74, 6) is -0.293. The molecule has 6 heteroatoms. The minimum absolute atomic E-state index is 0.286. The standard InChI is InChI=1S/C15H22N4O2/c1-3-10-15(14(20)21-4-2,17-11-12-18-19-16)13-8-6-5-7-9-13/h5-9,17H,3-4,10-12H2,1-2H3. The van der Waals surface area contributed by atoms with Gasteiger partial charge in [0.2, 0.25) is 0 Å². The smallest absolute Gasteiger partial charge is 0.330 e. The minimum atomic E-state index is -0.892. The molecule has 0 aliphatic rings. The number of hydrogen-bond acceptors (Lipinski definition) is 4. The summed E-state index contributed by atoms with van der Waals surface area (Å²) in [6.45, 7) is 4.84. The van der Waals surface area contributed by atoms with Gasteiger partial charge in [-0.25, -0.2) is 4.79 Å². The van der Waals surface area contributed by atoms with E-state index < -0.39 is 5.54 Å². The maximum Gasteiger partial charge on any atom is 0.330 e. The molecule has 0 fully saturated rings. The van der Waals surface area contributed by atoms with E-state index in [9.17, 15) is 4.79 Å². The van der Waals surface area contributed by atoms with E-state index in [0.717, 1.165) is 12.0 Å². The summed E-state index contributed by atoms with van der Waals surface area (Å²) in [5, 5.41) is 6.73. The van der Waals surface area contributed by atoms with Crippen molar-refractivity contribution in [2.24, 2.45) is 5.11 Å². The van der Waals surface area contributed by atoms with E-state index in [0.29, 0.717) is 19.6 Å². The molecular weight excluding hydrogens is 268 g/mol. The fourth-order valence-electron chi connectivity index (χ4n) is 2.34. The number of nitrogens with one attached hydrogen (secondary N) is 1. The molecule has 0 bridgehead atoms. The highest BCUT2D eigenvalue weighted by Crippen LogP contribution is 2.28. The van der Waals surface area contributed by atoms with E-state index in [-0.39, 0.29) is 12.5 Å². The normalized spacial score (nSPS) is 13.0. The molecule has 1 aromatic rings. The van der Waals surface area contributed by atoms with Gasteiger partial charge in [-0.2, -0.15) is 0 Å². The molecule has 0 amide bonds. The Bertz CT molecular complexity index is 486. The van der Waals surface area contributed by atoms with Gasteiger partial charge in [-0.15, -0.1) is 0 Å². The zero-order chi connectivity index (χ0) is 15.6. The maximum atomic E-state index is 12.5. The van der Waals surface area contributed by atoms with Gasteiger partial charge in [0.1, 0.15) is 5.54 Å². The Hall–Kier alpha value is -2.04. The molecule has 0 radical (unpaired) electrons. The molecule has 1 N–H and O–H groups in total. The van der Waals surface area contributed by atoms with E-state index in [2.05, 4.69) is 15.3 Å². The van der Waals surface area contributed by atoms with Gasteiger partial charge in [0.15, 0.2) is 0 Å². The van der Waals surface area contributed by atoms with Gasteiger partial charge in [-0.1, -0.05) is 48.8 Å². The lowest BCUT2D eigenvalue weighted by molar-refractivity contribution is -0.152. The molecule has 6 nitrogen and oxygen atoms in total. The molecule has 1 unspecified atom stereocenters. The van der Waals surface area contributed by atoms with Crippen molar-refractivity contribution < 1.29 is 9.53 Å². The summed E-state index contributed by atoms with van der Waals surface area (Å²) >= 11 is 0. The molecule has 1 aromatic carbocycles. The van der Waals surface area contributed by atoms with Crippen molar-refractivity contribution in [2.45, 2.75) is 32.2 Å². The van der Waals surface area contributed by atoms with Gasteiger partial charge in [0, 0.05) is 18.0 Å². The second-order valence-corrected chi connectivity index (χ2v) is 4.62. The highest BCUT2D eigenvalue weighted by Gasteiger charge is 2.40. The van der Waals surface area contributed by atoms with Crippen molar-refractivity contribution in [3.63, 3.8) is 0 Å². The summed E-state index contributed by atoms with van der Waals surface area (Å²) in [6.07, 6.45) is 1.44. The summed E-state index contributed by atoms with van der Waals surface area (Å²) in [6, 6.07) is 9.52. The third kappa shape index (κ3) is 4.48. The van der Waals surface area contributed by atoms with Crippen molar-refractivity contribution in [1.82, 2.24) is 5.32 Å². The van der Waals surface area contributed by atoms with Gasteiger partial charge in [-0.05, 0) is 24.4 Å². The molecule has 0 aliphatic heterocycles. The number of carbonyl (C=O) groups excluding carboxylic acids is 1. The lowest BCUT2D eigenvalue weighted by atomic mass is 9.85. The third-order valence-electron chi connectivity index (χ3n) is 3.22. The van der Waals surface area contributed by atoms with Crippen LogP contribution in [0, 0.1) is 0 Å². The van der Waals surface area contributed by atoms with Crippen LogP contribution in [-0.4, -0.2) is 25.7 Å². The van der Waals surface area contributed by atoms with Crippen molar-refractivity contribution in [3.05, 3.63) is 46.3 Å². The second kappa shape index (κ2) is 9.00. The highest BCUT2D eigenvalue weighted by molar-refractivity contribution is 5.82. The largest absolute Gasteiger partial charge is 0.464 e. The Morgan fingerprint density at radius 3 is 2.67 bits per heavy atom. The molecule has 0 aliphatic carbocycles. The Morgan fingerprint density at radius 1 is 1.38 bits per heavy atom. The van der Waals surface area contributed by atoms with Crippen LogP contribution in [0.5, 0.6) is 0 Å². The molecule has 1 rings (SSSR count). The maximum absolute atomic E-state index is 12.5. The van der Waals surface area contributed by atoms with Crippen molar-refractivity contribution in [1.29, 1.82) is 0 Å². The summed E-state index contributed by atoms with van der Waals surface area (Å²) in [7, 11) is 0. The first-order chi connectivity index (χ1) is 10.2. The number of rotatable bonds is 9. The number of ether oxygens (including phenoxy) is 1. The van der Waals surface area contributed by atoms with Crippen molar-refractivity contribution >= 4 is 5.97 Å². The van der Waals surface area contributed by atoms with Crippen LogP contribution in [0.2, 0.25) is 0 Å². The Kier molecular flexibility index (Phi) is 7.29. The highest BCUT2D eigenvalue weighted by atomic mass is 16.5. The van der Waals surface area contributed by atoms with Crippen LogP contribution in [0.1, 0.15) is 32.3 Å². The lowest BCUT2D eigenvalue weighted by Crippen LogP contribution is -2.51. The van der Waals surface area contributed by atoms with Crippen LogP contribution < -0.4 is 5.32 Å². The zero-order valence-corrected chi connectivity index (χ0v) is 12.6. The molecule has 0 saturated heterocycles. The van der Waals surface area contributed by atoms with E-state index in [4.69, 9.17) is 10.3 Å².